The average Bonchev–Trinajstić information content (AvgIpc) is 3.10. The molecule has 0 radical (unpaired) electrons. The molecule has 4 heteroatoms. The molecule has 1 fully saturated rings. The first-order chi connectivity index (χ1) is 9.63. The van der Waals surface area contributed by atoms with Crippen molar-refractivity contribution in [1.82, 2.24) is 10.1 Å². The Labute approximate surface area is 124 Å². The molecule has 1 aliphatic rings. The lowest BCUT2D eigenvalue weighted by Gasteiger charge is -2.21. The topological polar surface area (TPSA) is 29.3 Å². The minimum absolute atomic E-state index is 0.400. The number of likely N-dealkylation sites (tertiary alicyclic amines) is 1. The lowest BCUT2D eigenvalue weighted by atomic mass is 10.1. The van der Waals surface area contributed by atoms with Crippen molar-refractivity contribution < 1.29 is 4.52 Å². The lowest BCUT2D eigenvalue weighted by Crippen LogP contribution is -2.21. The molecule has 0 spiro atoms. The van der Waals surface area contributed by atoms with Crippen molar-refractivity contribution in [1.29, 1.82) is 0 Å². The molecular formula is C16H22N2OS. The van der Waals surface area contributed by atoms with Crippen LogP contribution >= 0.6 is 11.3 Å². The van der Waals surface area contributed by atoms with Crippen LogP contribution in [0.1, 0.15) is 59.9 Å². The van der Waals surface area contributed by atoms with Crippen LogP contribution in [0.15, 0.2) is 22.7 Å². The van der Waals surface area contributed by atoms with Gasteiger partial charge in [0.15, 0.2) is 5.76 Å². The molecule has 3 heterocycles. The maximum atomic E-state index is 5.59. The molecule has 3 nitrogen and oxygen atoms in total. The van der Waals surface area contributed by atoms with Gasteiger partial charge in [-0.05, 0) is 44.4 Å². The van der Waals surface area contributed by atoms with Gasteiger partial charge in [0.2, 0.25) is 0 Å². The van der Waals surface area contributed by atoms with E-state index >= 15 is 0 Å². The first-order valence-electron chi connectivity index (χ1n) is 7.39. The molecule has 0 saturated carbocycles. The van der Waals surface area contributed by atoms with Crippen molar-refractivity contribution in [3.8, 4) is 0 Å². The Morgan fingerprint density at radius 2 is 2.30 bits per heavy atom. The van der Waals surface area contributed by atoms with E-state index in [9.17, 15) is 0 Å². The Bertz CT molecular complexity index is 573. The maximum Gasteiger partial charge on any atom is 0.154 e. The number of aromatic nitrogens is 1. The SMILES string of the molecule is Cc1ccc(CN2CCC[C@@H]2c2cc(C(C)C)no2)s1. The largest absolute Gasteiger partial charge is 0.359 e. The first kappa shape index (κ1) is 13.8. The molecule has 20 heavy (non-hydrogen) atoms. The molecule has 1 saturated heterocycles. The van der Waals surface area contributed by atoms with Crippen LogP contribution in [0.3, 0.4) is 0 Å². The molecule has 3 rings (SSSR count). The number of nitrogens with zero attached hydrogens (tertiary/aromatic N) is 2. The van der Waals surface area contributed by atoms with Gasteiger partial charge in [0.25, 0.3) is 0 Å². The number of hydrogen-bond acceptors (Lipinski definition) is 4. The second kappa shape index (κ2) is 5.70. The predicted molar refractivity (Wildman–Crippen MR) is 82.0 cm³/mol. The van der Waals surface area contributed by atoms with E-state index in [0.29, 0.717) is 12.0 Å². The van der Waals surface area contributed by atoms with Crippen molar-refractivity contribution in [2.24, 2.45) is 0 Å². The van der Waals surface area contributed by atoms with Crippen LogP contribution in [0.5, 0.6) is 0 Å². The molecule has 1 atom stereocenters. The fraction of sp³-hybridized carbons (Fsp3) is 0.562. The van der Waals surface area contributed by atoms with Crippen LogP contribution in [-0.4, -0.2) is 16.6 Å². The third-order valence-corrected chi connectivity index (χ3v) is 4.97. The number of thiophene rings is 1. The van der Waals surface area contributed by atoms with Crippen molar-refractivity contribution in [3.63, 3.8) is 0 Å². The summed E-state index contributed by atoms with van der Waals surface area (Å²) < 4.78 is 5.59. The quantitative estimate of drug-likeness (QED) is 0.830. The second-order valence-corrected chi connectivity index (χ2v) is 7.32. The molecular weight excluding hydrogens is 268 g/mol. The van der Waals surface area contributed by atoms with Crippen molar-refractivity contribution in [2.45, 2.75) is 52.1 Å². The van der Waals surface area contributed by atoms with Gasteiger partial charge >= 0.3 is 0 Å². The number of hydrogen-bond donors (Lipinski definition) is 0. The van der Waals surface area contributed by atoms with Gasteiger partial charge < -0.3 is 4.52 Å². The fourth-order valence-corrected chi connectivity index (χ4v) is 3.76. The van der Waals surface area contributed by atoms with Gasteiger partial charge in [-0.1, -0.05) is 19.0 Å². The highest BCUT2D eigenvalue weighted by atomic mass is 32.1. The zero-order valence-electron chi connectivity index (χ0n) is 12.4. The molecule has 0 bridgehead atoms. The van der Waals surface area contributed by atoms with E-state index in [1.807, 2.05) is 11.3 Å². The summed E-state index contributed by atoms with van der Waals surface area (Å²) in [5.74, 6) is 1.47. The summed E-state index contributed by atoms with van der Waals surface area (Å²) in [6.07, 6.45) is 2.42. The number of aryl methyl sites for hydroxylation is 1. The predicted octanol–water partition coefficient (Wildman–Crippen LogP) is 4.51. The number of rotatable bonds is 4. The highest BCUT2D eigenvalue weighted by Gasteiger charge is 2.29. The molecule has 108 valence electrons. The minimum Gasteiger partial charge on any atom is -0.359 e. The van der Waals surface area contributed by atoms with Crippen LogP contribution < -0.4 is 0 Å². The third kappa shape index (κ3) is 2.81. The third-order valence-electron chi connectivity index (χ3n) is 3.99. The summed E-state index contributed by atoms with van der Waals surface area (Å²) in [6, 6.07) is 7.00. The van der Waals surface area contributed by atoms with E-state index in [2.05, 4.69) is 49.0 Å². The van der Waals surface area contributed by atoms with Crippen molar-refractivity contribution in [3.05, 3.63) is 39.4 Å². The van der Waals surface area contributed by atoms with Crippen LogP contribution in [0.2, 0.25) is 0 Å². The summed E-state index contributed by atoms with van der Waals surface area (Å²) in [7, 11) is 0. The van der Waals surface area contributed by atoms with Crippen molar-refractivity contribution >= 4 is 11.3 Å². The monoisotopic (exact) mass is 290 g/mol. The normalized spacial score (nSPS) is 20.1. The van der Waals surface area contributed by atoms with E-state index in [-0.39, 0.29) is 0 Å². The average molecular weight is 290 g/mol. The smallest absolute Gasteiger partial charge is 0.154 e. The highest BCUT2D eigenvalue weighted by molar-refractivity contribution is 7.11. The Kier molecular flexibility index (Phi) is 3.94. The summed E-state index contributed by atoms with van der Waals surface area (Å²) in [6.45, 7) is 8.66. The van der Waals surface area contributed by atoms with Crippen LogP contribution in [0.25, 0.3) is 0 Å². The van der Waals surface area contributed by atoms with Gasteiger partial charge in [-0.15, -0.1) is 11.3 Å². The van der Waals surface area contributed by atoms with E-state index in [0.717, 1.165) is 24.5 Å². The van der Waals surface area contributed by atoms with Crippen LogP contribution in [-0.2, 0) is 6.54 Å². The van der Waals surface area contributed by atoms with Gasteiger partial charge in [-0.25, -0.2) is 0 Å². The summed E-state index contributed by atoms with van der Waals surface area (Å²) >= 11 is 1.89. The fourth-order valence-electron chi connectivity index (χ4n) is 2.84. The summed E-state index contributed by atoms with van der Waals surface area (Å²) in [5, 5.41) is 4.21. The molecule has 2 aromatic rings. The van der Waals surface area contributed by atoms with Gasteiger partial charge in [-0.2, -0.15) is 0 Å². The van der Waals surface area contributed by atoms with Gasteiger partial charge in [0.05, 0.1) is 11.7 Å². The Balaban J connectivity index is 1.74. The summed E-state index contributed by atoms with van der Waals surface area (Å²) in [5.41, 5.74) is 1.07. The molecule has 0 unspecified atom stereocenters. The van der Waals surface area contributed by atoms with Crippen LogP contribution in [0.4, 0.5) is 0 Å². The molecule has 0 aliphatic carbocycles. The Morgan fingerprint density at radius 3 is 2.95 bits per heavy atom. The van der Waals surface area contributed by atoms with Gasteiger partial charge in [0, 0.05) is 22.4 Å². The molecule has 0 amide bonds. The Hall–Kier alpha value is -1.13. The van der Waals surface area contributed by atoms with E-state index in [4.69, 9.17) is 4.52 Å². The maximum absolute atomic E-state index is 5.59. The molecule has 0 N–H and O–H groups in total. The van der Waals surface area contributed by atoms with Crippen molar-refractivity contribution in [2.75, 3.05) is 6.54 Å². The van der Waals surface area contributed by atoms with E-state index in [1.54, 1.807) is 0 Å². The second-order valence-electron chi connectivity index (χ2n) is 5.95. The first-order valence-corrected chi connectivity index (χ1v) is 8.21. The molecule has 2 aromatic heterocycles. The van der Waals surface area contributed by atoms with Gasteiger partial charge in [-0.3, -0.25) is 4.90 Å². The molecule has 0 aromatic carbocycles. The van der Waals surface area contributed by atoms with Gasteiger partial charge in [0.1, 0.15) is 0 Å². The van der Waals surface area contributed by atoms with E-state index in [1.165, 1.54) is 22.6 Å². The zero-order valence-corrected chi connectivity index (χ0v) is 13.2. The molecule has 1 aliphatic heterocycles. The van der Waals surface area contributed by atoms with Crippen LogP contribution in [0, 0.1) is 6.92 Å². The lowest BCUT2D eigenvalue weighted by molar-refractivity contribution is 0.208. The Morgan fingerprint density at radius 1 is 1.45 bits per heavy atom. The highest BCUT2D eigenvalue weighted by Crippen LogP contribution is 2.35. The minimum atomic E-state index is 0.400. The standard InChI is InChI=1S/C16H22N2OS/c1-11(2)14-9-16(19-17-14)15-5-4-8-18(15)10-13-7-6-12(3)20-13/h6-7,9,11,15H,4-5,8,10H2,1-3H3/t15-/m1/s1. The summed E-state index contributed by atoms with van der Waals surface area (Å²) in [4.78, 5) is 5.35. The van der Waals surface area contributed by atoms with E-state index < -0.39 is 0 Å². The zero-order chi connectivity index (χ0) is 14.1.